The maximum absolute atomic E-state index is 13.3. The third-order valence-corrected chi connectivity index (χ3v) is 8.01. The number of hydrogen-bond acceptors (Lipinski definition) is 5. The molecule has 0 bridgehead atoms. The van der Waals surface area contributed by atoms with Crippen LogP contribution in [0.3, 0.4) is 0 Å². The number of benzene rings is 1. The van der Waals surface area contributed by atoms with Crippen LogP contribution in [0.1, 0.15) is 72.3 Å². The lowest BCUT2D eigenvalue weighted by Gasteiger charge is -2.41. The molecule has 3 heterocycles. The van der Waals surface area contributed by atoms with Crippen LogP contribution < -0.4 is 4.74 Å². The van der Waals surface area contributed by atoms with Gasteiger partial charge in [0.2, 0.25) is 0 Å². The molecule has 3 saturated heterocycles. The molecule has 33 heavy (non-hydrogen) atoms. The maximum Gasteiger partial charge on any atom is 0.266 e. The smallest absolute Gasteiger partial charge is 0.266 e. The Kier molecular flexibility index (Phi) is 6.34. The van der Waals surface area contributed by atoms with Gasteiger partial charge in [-0.2, -0.15) is 0 Å². The molecule has 1 aromatic carbocycles. The van der Waals surface area contributed by atoms with Gasteiger partial charge in [-0.05, 0) is 91.2 Å². The summed E-state index contributed by atoms with van der Waals surface area (Å²) in [5, 5.41) is 10.4. The molecule has 1 spiro atoms. The zero-order valence-corrected chi connectivity index (χ0v) is 21.1. The topological polar surface area (TPSA) is 68.2 Å². The molecule has 0 aliphatic carbocycles. The maximum atomic E-state index is 13.3. The first-order valence-electron chi connectivity index (χ1n) is 12.4. The number of aryl methyl sites for hydroxylation is 1. The summed E-state index contributed by atoms with van der Waals surface area (Å²) in [6.45, 7) is 13.7. The van der Waals surface area contributed by atoms with Crippen LogP contribution in [-0.2, 0) is 14.3 Å². The van der Waals surface area contributed by atoms with Gasteiger partial charge in [0.05, 0.1) is 30.0 Å². The predicted octanol–water partition coefficient (Wildman–Crippen LogP) is 4.26. The average Bonchev–Trinajstić information content (AvgIpc) is 3.35. The summed E-state index contributed by atoms with van der Waals surface area (Å²) < 4.78 is 18.7. The quantitative estimate of drug-likeness (QED) is 0.713. The number of amides is 1. The van der Waals surface area contributed by atoms with Crippen LogP contribution in [0.15, 0.2) is 24.3 Å². The Bertz CT molecular complexity index is 850. The summed E-state index contributed by atoms with van der Waals surface area (Å²) >= 11 is 0. The number of piperidine rings is 1. The van der Waals surface area contributed by atoms with Crippen molar-refractivity contribution in [2.75, 3.05) is 19.7 Å². The Labute approximate surface area is 198 Å². The third-order valence-electron chi connectivity index (χ3n) is 8.01. The Balaban J connectivity index is 1.33. The average molecular weight is 460 g/mol. The van der Waals surface area contributed by atoms with E-state index in [1.165, 1.54) is 0 Å². The number of hydrogen-bond donors (Lipinski definition) is 1. The van der Waals surface area contributed by atoms with E-state index in [9.17, 15) is 9.90 Å². The van der Waals surface area contributed by atoms with Gasteiger partial charge in [0.25, 0.3) is 5.91 Å². The molecule has 4 rings (SSSR count). The van der Waals surface area contributed by atoms with E-state index in [4.69, 9.17) is 14.2 Å². The SMILES string of the molecule is Cc1ccc(OC(C)(C)C(=O)N2CCC3(CC2)CO[C@H]([C@@]2(C)CC[C@@H](C(C)(C)O)O2)C3)cc1. The van der Waals surface area contributed by atoms with Crippen molar-refractivity contribution < 1.29 is 24.1 Å². The van der Waals surface area contributed by atoms with E-state index in [1.54, 1.807) is 0 Å². The molecule has 6 nitrogen and oxygen atoms in total. The van der Waals surface area contributed by atoms with Crippen molar-refractivity contribution in [2.45, 2.75) is 103 Å². The lowest BCUT2D eigenvalue weighted by molar-refractivity contribution is -0.155. The van der Waals surface area contributed by atoms with Crippen LogP contribution >= 0.6 is 0 Å². The van der Waals surface area contributed by atoms with Gasteiger partial charge in [-0.15, -0.1) is 0 Å². The van der Waals surface area contributed by atoms with Crippen LogP contribution in [-0.4, -0.2) is 64.6 Å². The van der Waals surface area contributed by atoms with Gasteiger partial charge >= 0.3 is 0 Å². The molecule has 0 aromatic heterocycles. The number of aliphatic hydroxyl groups is 1. The zero-order chi connectivity index (χ0) is 24.1. The van der Waals surface area contributed by atoms with Crippen LogP contribution in [0.4, 0.5) is 0 Å². The minimum atomic E-state index is -0.911. The molecule has 3 aliphatic heterocycles. The summed E-state index contributed by atoms with van der Waals surface area (Å²) in [5.41, 5.74) is -0.843. The number of likely N-dealkylation sites (tertiary alicyclic amines) is 1. The van der Waals surface area contributed by atoms with Gasteiger partial charge in [0.15, 0.2) is 5.60 Å². The second-order valence-corrected chi connectivity index (χ2v) is 11.8. The fourth-order valence-electron chi connectivity index (χ4n) is 5.63. The highest BCUT2D eigenvalue weighted by Crippen LogP contribution is 2.49. The number of nitrogens with zero attached hydrogens (tertiary/aromatic N) is 1. The van der Waals surface area contributed by atoms with Crippen molar-refractivity contribution in [3.05, 3.63) is 29.8 Å². The van der Waals surface area contributed by atoms with Gasteiger partial charge in [-0.25, -0.2) is 0 Å². The second-order valence-electron chi connectivity index (χ2n) is 11.8. The van der Waals surface area contributed by atoms with Crippen molar-refractivity contribution >= 4 is 5.91 Å². The first-order valence-corrected chi connectivity index (χ1v) is 12.4. The first-order chi connectivity index (χ1) is 15.3. The Morgan fingerprint density at radius 1 is 1.12 bits per heavy atom. The van der Waals surface area contributed by atoms with E-state index in [0.29, 0.717) is 5.75 Å². The van der Waals surface area contributed by atoms with Crippen molar-refractivity contribution in [2.24, 2.45) is 5.41 Å². The predicted molar refractivity (Wildman–Crippen MR) is 127 cm³/mol. The van der Waals surface area contributed by atoms with E-state index in [0.717, 1.165) is 57.4 Å². The number of ether oxygens (including phenoxy) is 3. The van der Waals surface area contributed by atoms with E-state index in [2.05, 4.69) is 6.92 Å². The van der Waals surface area contributed by atoms with Crippen LogP contribution in [0.5, 0.6) is 5.75 Å². The molecule has 1 amide bonds. The first kappa shape index (κ1) is 24.5. The molecule has 184 valence electrons. The normalized spacial score (nSPS) is 30.1. The lowest BCUT2D eigenvalue weighted by Crippen LogP contribution is -2.53. The lowest BCUT2D eigenvalue weighted by atomic mass is 9.74. The summed E-state index contributed by atoms with van der Waals surface area (Å²) in [7, 11) is 0. The van der Waals surface area contributed by atoms with Crippen LogP contribution in [0, 0.1) is 12.3 Å². The number of carbonyl (C=O) groups excluding carboxylic acids is 1. The molecule has 0 unspecified atom stereocenters. The zero-order valence-electron chi connectivity index (χ0n) is 21.1. The minimum Gasteiger partial charge on any atom is -0.478 e. The molecular weight excluding hydrogens is 418 g/mol. The van der Waals surface area contributed by atoms with Crippen LogP contribution in [0.2, 0.25) is 0 Å². The van der Waals surface area contributed by atoms with Crippen molar-refractivity contribution in [3.63, 3.8) is 0 Å². The van der Waals surface area contributed by atoms with E-state index in [1.807, 2.05) is 63.8 Å². The molecular formula is C27H41NO5. The number of carbonyl (C=O) groups is 1. The van der Waals surface area contributed by atoms with E-state index < -0.39 is 11.2 Å². The van der Waals surface area contributed by atoms with Crippen molar-refractivity contribution in [3.8, 4) is 5.75 Å². The highest BCUT2D eigenvalue weighted by atomic mass is 16.6. The highest BCUT2D eigenvalue weighted by Gasteiger charge is 2.54. The fourth-order valence-corrected chi connectivity index (χ4v) is 5.63. The monoisotopic (exact) mass is 459 g/mol. The van der Waals surface area contributed by atoms with Gasteiger partial charge in [0, 0.05) is 13.1 Å². The number of rotatable bonds is 5. The Morgan fingerprint density at radius 2 is 1.76 bits per heavy atom. The van der Waals surface area contributed by atoms with E-state index in [-0.39, 0.29) is 29.1 Å². The summed E-state index contributed by atoms with van der Waals surface area (Å²) in [6, 6.07) is 7.82. The second kappa shape index (κ2) is 8.54. The highest BCUT2D eigenvalue weighted by molar-refractivity contribution is 5.85. The summed E-state index contributed by atoms with van der Waals surface area (Å²) in [6.07, 6.45) is 4.45. The molecule has 0 saturated carbocycles. The van der Waals surface area contributed by atoms with Crippen LogP contribution in [0.25, 0.3) is 0 Å². The fraction of sp³-hybridized carbons (Fsp3) is 0.741. The molecule has 0 radical (unpaired) electrons. The molecule has 3 aliphatic rings. The Morgan fingerprint density at radius 3 is 2.33 bits per heavy atom. The molecule has 1 N–H and O–H groups in total. The standard InChI is InChI=1S/C27H41NO5/c1-19-7-9-20(10-8-19)32-25(4,5)23(29)28-15-13-27(14-16-28)17-22(31-18-27)26(6)12-11-21(33-26)24(2,3)30/h7-10,21-22,30H,11-18H2,1-6H3/t21-,22-,26+/m0/s1. The third kappa shape index (κ3) is 5.08. The van der Waals surface area contributed by atoms with Crippen molar-refractivity contribution in [1.82, 2.24) is 4.90 Å². The summed E-state index contributed by atoms with van der Waals surface area (Å²) in [5.74, 6) is 0.751. The Hall–Kier alpha value is -1.63. The summed E-state index contributed by atoms with van der Waals surface area (Å²) in [4.78, 5) is 15.2. The van der Waals surface area contributed by atoms with Crippen molar-refractivity contribution in [1.29, 1.82) is 0 Å². The molecule has 6 heteroatoms. The van der Waals surface area contributed by atoms with Gasteiger partial charge < -0.3 is 24.2 Å². The van der Waals surface area contributed by atoms with E-state index >= 15 is 0 Å². The van der Waals surface area contributed by atoms with Gasteiger partial charge in [-0.1, -0.05) is 17.7 Å². The molecule has 3 atom stereocenters. The minimum absolute atomic E-state index is 0.0347. The molecule has 3 fully saturated rings. The van der Waals surface area contributed by atoms with Gasteiger partial charge in [-0.3, -0.25) is 4.79 Å². The largest absolute Gasteiger partial charge is 0.478 e. The molecule has 1 aromatic rings. The van der Waals surface area contributed by atoms with Gasteiger partial charge in [0.1, 0.15) is 5.75 Å².